The highest BCUT2D eigenvalue weighted by Crippen LogP contribution is 2.17. The van der Waals surface area contributed by atoms with E-state index < -0.39 is 0 Å². The average Bonchev–Trinajstić information content (AvgIpc) is 2.20. The van der Waals surface area contributed by atoms with Crippen LogP contribution in [-0.4, -0.2) is 5.54 Å². The first-order valence-electron chi connectivity index (χ1n) is 4.92. The zero-order valence-electron chi connectivity index (χ0n) is 9.39. The second-order valence-corrected chi connectivity index (χ2v) is 5.06. The van der Waals surface area contributed by atoms with Gasteiger partial charge in [-0.15, -0.1) is 6.42 Å². The van der Waals surface area contributed by atoms with Crippen LogP contribution in [0.4, 0.5) is 0 Å². The molecular weight excluding hydrogens is 250 g/mol. The third-order valence-electron chi connectivity index (χ3n) is 2.32. The molecule has 0 aromatic heterocycles. The van der Waals surface area contributed by atoms with E-state index in [9.17, 15) is 0 Å². The topological polar surface area (TPSA) is 12.0 Å². The van der Waals surface area contributed by atoms with Gasteiger partial charge in [0, 0.05) is 11.0 Å². The molecule has 1 aromatic carbocycles. The standard InChI is InChI=1S/C13H16BrN/c1-5-13(3,4)15-9-11-6-7-12(14)10(2)8-11/h1,6-8,15H,9H2,2-4H3. The van der Waals surface area contributed by atoms with Crippen molar-refractivity contribution in [1.82, 2.24) is 5.32 Å². The molecule has 0 fully saturated rings. The van der Waals surface area contributed by atoms with Crippen LogP contribution in [0.1, 0.15) is 25.0 Å². The van der Waals surface area contributed by atoms with Crippen LogP contribution < -0.4 is 5.32 Å². The largest absolute Gasteiger partial charge is 0.298 e. The monoisotopic (exact) mass is 265 g/mol. The predicted octanol–water partition coefficient (Wildman–Crippen LogP) is 3.26. The second kappa shape index (κ2) is 4.83. The van der Waals surface area contributed by atoms with Crippen LogP contribution in [0.15, 0.2) is 22.7 Å². The van der Waals surface area contributed by atoms with Crippen LogP contribution in [0.3, 0.4) is 0 Å². The SMILES string of the molecule is C#CC(C)(C)NCc1ccc(Br)c(C)c1. The molecule has 1 N–H and O–H groups in total. The Kier molecular flexibility index (Phi) is 3.96. The Hall–Kier alpha value is -0.780. The summed E-state index contributed by atoms with van der Waals surface area (Å²) in [4.78, 5) is 0. The van der Waals surface area contributed by atoms with Crippen molar-refractivity contribution in [2.75, 3.05) is 0 Å². The fourth-order valence-corrected chi connectivity index (χ4v) is 1.44. The molecule has 0 bridgehead atoms. The number of halogens is 1. The van der Waals surface area contributed by atoms with Gasteiger partial charge in [-0.2, -0.15) is 0 Å². The van der Waals surface area contributed by atoms with E-state index in [1.807, 2.05) is 13.8 Å². The Morgan fingerprint density at radius 2 is 2.13 bits per heavy atom. The molecule has 1 rings (SSSR count). The maximum Gasteiger partial charge on any atom is 0.0743 e. The van der Waals surface area contributed by atoms with Crippen LogP contribution in [-0.2, 0) is 6.54 Å². The number of aryl methyl sites for hydroxylation is 1. The second-order valence-electron chi connectivity index (χ2n) is 4.21. The van der Waals surface area contributed by atoms with E-state index in [-0.39, 0.29) is 5.54 Å². The van der Waals surface area contributed by atoms with Gasteiger partial charge >= 0.3 is 0 Å². The van der Waals surface area contributed by atoms with E-state index in [0.29, 0.717) is 0 Å². The minimum Gasteiger partial charge on any atom is -0.298 e. The Bertz CT molecular complexity index is 388. The summed E-state index contributed by atoms with van der Waals surface area (Å²) in [5, 5.41) is 3.32. The molecule has 1 aromatic rings. The van der Waals surface area contributed by atoms with Gasteiger partial charge in [0.25, 0.3) is 0 Å². The fraction of sp³-hybridized carbons (Fsp3) is 0.385. The number of rotatable bonds is 3. The lowest BCUT2D eigenvalue weighted by molar-refractivity contribution is 0.491. The Morgan fingerprint density at radius 1 is 1.47 bits per heavy atom. The van der Waals surface area contributed by atoms with Crippen molar-refractivity contribution >= 4 is 15.9 Å². The molecule has 2 heteroatoms. The number of terminal acetylenes is 1. The van der Waals surface area contributed by atoms with Gasteiger partial charge in [0.1, 0.15) is 0 Å². The maximum absolute atomic E-state index is 5.40. The highest BCUT2D eigenvalue weighted by molar-refractivity contribution is 9.10. The Labute approximate surface area is 100 Å². The van der Waals surface area contributed by atoms with Gasteiger partial charge < -0.3 is 0 Å². The van der Waals surface area contributed by atoms with Crippen molar-refractivity contribution < 1.29 is 0 Å². The van der Waals surface area contributed by atoms with Gasteiger partial charge in [-0.1, -0.05) is 34.0 Å². The molecule has 80 valence electrons. The number of hydrogen-bond donors (Lipinski definition) is 1. The molecule has 0 unspecified atom stereocenters. The zero-order chi connectivity index (χ0) is 11.5. The van der Waals surface area contributed by atoms with E-state index in [4.69, 9.17) is 6.42 Å². The minimum absolute atomic E-state index is 0.249. The average molecular weight is 266 g/mol. The third-order valence-corrected chi connectivity index (χ3v) is 3.21. The van der Waals surface area contributed by atoms with Crippen molar-refractivity contribution in [3.8, 4) is 12.3 Å². The van der Waals surface area contributed by atoms with E-state index in [1.54, 1.807) is 0 Å². The smallest absolute Gasteiger partial charge is 0.0743 e. The molecule has 0 aliphatic rings. The molecule has 0 heterocycles. The zero-order valence-corrected chi connectivity index (χ0v) is 11.0. The molecule has 0 atom stereocenters. The summed E-state index contributed by atoms with van der Waals surface area (Å²) in [6, 6.07) is 6.32. The highest BCUT2D eigenvalue weighted by atomic mass is 79.9. The Balaban J connectivity index is 2.67. The van der Waals surface area contributed by atoms with Gasteiger partial charge in [-0.3, -0.25) is 5.32 Å². The normalized spacial score (nSPS) is 11.1. The minimum atomic E-state index is -0.249. The van der Waals surface area contributed by atoms with Crippen LogP contribution in [0.2, 0.25) is 0 Å². The fourth-order valence-electron chi connectivity index (χ4n) is 1.19. The molecule has 0 aliphatic heterocycles. The van der Waals surface area contributed by atoms with E-state index in [1.165, 1.54) is 11.1 Å². The highest BCUT2D eigenvalue weighted by Gasteiger charge is 2.11. The lowest BCUT2D eigenvalue weighted by atomic mass is 10.1. The molecule has 0 radical (unpaired) electrons. The van der Waals surface area contributed by atoms with E-state index in [2.05, 4.69) is 52.3 Å². The first-order chi connectivity index (χ1) is 6.94. The predicted molar refractivity (Wildman–Crippen MR) is 68.6 cm³/mol. The number of nitrogens with one attached hydrogen (secondary N) is 1. The van der Waals surface area contributed by atoms with Crippen molar-refractivity contribution in [2.45, 2.75) is 32.9 Å². The molecule has 15 heavy (non-hydrogen) atoms. The van der Waals surface area contributed by atoms with Gasteiger partial charge in [0.15, 0.2) is 0 Å². The molecule has 0 saturated carbocycles. The molecule has 0 amide bonds. The van der Waals surface area contributed by atoms with Crippen LogP contribution in [0.5, 0.6) is 0 Å². The van der Waals surface area contributed by atoms with Crippen molar-refractivity contribution in [3.05, 3.63) is 33.8 Å². The van der Waals surface area contributed by atoms with Crippen molar-refractivity contribution in [2.24, 2.45) is 0 Å². The van der Waals surface area contributed by atoms with E-state index >= 15 is 0 Å². The van der Waals surface area contributed by atoms with Gasteiger partial charge in [0.2, 0.25) is 0 Å². The lowest BCUT2D eigenvalue weighted by Gasteiger charge is -2.19. The van der Waals surface area contributed by atoms with Crippen LogP contribution in [0, 0.1) is 19.3 Å². The molecule has 0 aliphatic carbocycles. The summed E-state index contributed by atoms with van der Waals surface area (Å²) < 4.78 is 1.14. The molecular formula is C13H16BrN. The first kappa shape index (κ1) is 12.3. The van der Waals surface area contributed by atoms with Gasteiger partial charge in [-0.25, -0.2) is 0 Å². The first-order valence-corrected chi connectivity index (χ1v) is 5.72. The maximum atomic E-state index is 5.40. The number of benzene rings is 1. The van der Waals surface area contributed by atoms with E-state index in [0.717, 1.165) is 11.0 Å². The molecule has 1 nitrogen and oxygen atoms in total. The number of hydrogen-bond acceptors (Lipinski definition) is 1. The van der Waals surface area contributed by atoms with Crippen LogP contribution in [0.25, 0.3) is 0 Å². The van der Waals surface area contributed by atoms with Crippen molar-refractivity contribution in [1.29, 1.82) is 0 Å². The quantitative estimate of drug-likeness (QED) is 0.828. The summed E-state index contributed by atoms with van der Waals surface area (Å²) in [6.45, 7) is 6.88. The summed E-state index contributed by atoms with van der Waals surface area (Å²) in [6.07, 6.45) is 5.40. The molecule has 0 spiro atoms. The van der Waals surface area contributed by atoms with Crippen molar-refractivity contribution in [3.63, 3.8) is 0 Å². The third kappa shape index (κ3) is 3.70. The summed E-state index contributed by atoms with van der Waals surface area (Å²) >= 11 is 3.48. The summed E-state index contributed by atoms with van der Waals surface area (Å²) in [7, 11) is 0. The summed E-state index contributed by atoms with van der Waals surface area (Å²) in [5.74, 6) is 2.72. The van der Waals surface area contributed by atoms with Gasteiger partial charge in [-0.05, 0) is 38.0 Å². The summed E-state index contributed by atoms with van der Waals surface area (Å²) in [5.41, 5.74) is 2.24. The van der Waals surface area contributed by atoms with Crippen LogP contribution >= 0.6 is 15.9 Å². The Morgan fingerprint density at radius 3 is 2.67 bits per heavy atom. The molecule has 0 saturated heterocycles. The lowest BCUT2D eigenvalue weighted by Crippen LogP contribution is -2.36. The van der Waals surface area contributed by atoms with Gasteiger partial charge in [0.05, 0.1) is 5.54 Å².